The van der Waals surface area contributed by atoms with E-state index in [0.29, 0.717) is 0 Å². The number of rotatable bonds is 1. The summed E-state index contributed by atoms with van der Waals surface area (Å²) in [6.45, 7) is 2.02. The number of ketones is 1. The molecule has 0 unspecified atom stereocenters. The van der Waals surface area contributed by atoms with Gasteiger partial charge in [-0.05, 0) is 41.3 Å². The van der Waals surface area contributed by atoms with E-state index in [1.165, 1.54) is 10.9 Å². The normalized spacial score (nSPS) is 18.8. The molecule has 2 aromatic rings. The lowest BCUT2D eigenvalue weighted by atomic mass is 9.81. The van der Waals surface area contributed by atoms with Gasteiger partial charge in [0.1, 0.15) is 5.75 Å². The quantitative estimate of drug-likeness (QED) is 0.761. The molecule has 0 radical (unpaired) electrons. The molecule has 0 aromatic heterocycles. The summed E-state index contributed by atoms with van der Waals surface area (Å²) in [4.78, 5) is 12.2. The maximum Gasteiger partial charge on any atom is 0.165 e. The van der Waals surface area contributed by atoms with Gasteiger partial charge in [-0.2, -0.15) is 0 Å². The van der Waals surface area contributed by atoms with Crippen LogP contribution in [0.4, 0.5) is 0 Å². The third-order valence-electron chi connectivity index (χ3n) is 3.88. The first-order chi connectivity index (χ1) is 8.70. The number of hydrogen-bond acceptors (Lipinski definition) is 2. The molecule has 2 aromatic carbocycles. The first kappa shape index (κ1) is 11.3. The largest absolute Gasteiger partial charge is 0.497 e. The Labute approximate surface area is 107 Å². The predicted octanol–water partition coefficient (Wildman–Crippen LogP) is 3.61. The standard InChI is InChI=1S/C16H16O2/c1-10-3-6-14-13-8-5-12(18-2)9-11(13)4-7-15(14)16(10)17/h4-5,7-10H,3,6H2,1-2H3/t10-/m0/s1. The molecule has 0 saturated carbocycles. The van der Waals surface area contributed by atoms with Crippen LogP contribution in [0.3, 0.4) is 0 Å². The lowest BCUT2D eigenvalue weighted by Crippen LogP contribution is -2.20. The van der Waals surface area contributed by atoms with E-state index in [1.807, 2.05) is 31.2 Å². The Hall–Kier alpha value is -1.83. The second kappa shape index (κ2) is 4.13. The molecule has 0 amide bonds. The van der Waals surface area contributed by atoms with E-state index in [9.17, 15) is 4.79 Å². The van der Waals surface area contributed by atoms with Crippen molar-refractivity contribution in [3.8, 4) is 5.75 Å². The van der Waals surface area contributed by atoms with Crippen molar-refractivity contribution in [2.24, 2.45) is 5.92 Å². The molecule has 1 atom stereocenters. The summed E-state index contributed by atoms with van der Waals surface area (Å²) in [5.41, 5.74) is 2.12. The fourth-order valence-corrected chi connectivity index (χ4v) is 2.76. The SMILES string of the molecule is COc1ccc2c3c(ccc2c1)C(=O)[C@@H](C)CC3. The van der Waals surface area contributed by atoms with Crippen LogP contribution in [0.15, 0.2) is 30.3 Å². The van der Waals surface area contributed by atoms with Crippen molar-refractivity contribution < 1.29 is 9.53 Å². The molecule has 0 heterocycles. The molecular weight excluding hydrogens is 224 g/mol. The van der Waals surface area contributed by atoms with Crippen molar-refractivity contribution in [2.75, 3.05) is 7.11 Å². The van der Waals surface area contributed by atoms with Gasteiger partial charge in [-0.25, -0.2) is 0 Å². The molecule has 2 nitrogen and oxygen atoms in total. The molecule has 1 aliphatic carbocycles. The van der Waals surface area contributed by atoms with Crippen LogP contribution in [-0.4, -0.2) is 12.9 Å². The number of hydrogen-bond donors (Lipinski definition) is 0. The van der Waals surface area contributed by atoms with Gasteiger partial charge in [-0.1, -0.05) is 25.1 Å². The third kappa shape index (κ3) is 1.60. The zero-order valence-electron chi connectivity index (χ0n) is 10.7. The smallest absolute Gasteiger partial charge is 0.165 e. The van der Waals surface area contributed by atoms with Crippen LogP contribution in [0.25, 0.3) is 10.8 Å². The highest BCUT2D eigenvalue weighted by atomic mass is 16.5. The molecule has 0 saturated heterocycles. The van der Waals surface area contributed by atoms with E-state index >= 15 is 0 Å². The monoisotopic (exact) mass is 240 g/mol. The second-order valence-corrected chi connectivity index (χ2v) is 4.98. The summed E-state index contributed by atoms with van der Waals surface area (Å²) in [6.07, 6.45) is 1.95. The minimum Gasteiger partial charge on any atom is -0.497 e. The van der Waals surface area contributed by atoms with Crippen molar-refractivity contribution >= 4 is 16.6 Å². The summed E-state index contributed by atoms with van der Waals surface area (Å²) in [5, 5.41) is 2.34. The van der Waals surface area contributed by atoms with E-state index in [1.54, 1.807) is 7.11 Å². The molecule has 92 valence electrons. The highest BCUT2D eigenvalue weighted by Crippen LogP contribution is 2.32. The number of carbonyl (C=O) groups excluding carboxylic acids is 1. The van der Waals surface area contributed by atoms with Crippen LogP contribution in [0.5, 0.6) is 5.75 Å². The topological polar surface area (TPSA) is 26.3 Å². The van der Waals surface area contributed by atoms with Gasteiger partial charge in [0.05, 0.1) is 7.11 Å². The summed E-state index contributed by atoms with van der Waals surface area (Å²) in [6, 6.07) is 10.0. The Bertz CT molecular complexity index is 628. The van der Waals surface area contributed by atoms with Crippen molar-refractivity contribution in [1.82, 2.24) is 0 Å². The molecule has 1 aliphatic rings. The highest BCUT2D eigenvalue weighted by Gasteiger charge is 2.24. The molecular formula is C16H16O2. The maximum absolute atomic E-state index is 12.2. The second-order valence-electron chi connectivity index (χ2n) is 4.98. The minimum absolute atomic E-state index is 0.160. The molecule has 0 bridgehead atoms. The Morgan fingerprint density at radius 1 is 1.22 bits per heavy atom. The first-order valence-corrected chi connectivity index (χ1v) is 6.34. The van der Waals surface area contributed by atoms with Gasteiger partial charge >= 0.3 is 0 Å². The van der Waals surface area contributed by atoms with Crippen LogP contribution in [0, 0.1) is 5.92 Å². The summed E-state index contributed by atoms with van der Waals surface area (Å²) in [5.74, 6) is 1.31. The lowest BCUT2D eigenvalue weighted by molar-refractivity contribution is 0.0914. The zero-order chi connectivity index (χ0) is 12.7. The van der Waals surface area contributed by atoms with Crippen molar-refractivity contribution in [3.63, 3.8) is 0 Å². The highest BCUT2D eigenvalue weighted by molar-refractivity contribution is 6.05. The molecule has 2 heteroatoms. The lowest BCUT2D eigenvalue weighted by Gasteiger charge is -2.21. The summed E-state index contributed by atoms with van der Waals surface area (Å²) >= 11 is 0. The van der Waals surface area contributed by atoms with E-state index < -0.39 is 0 Å². The molecule has 0 aliphatic heterocycles. The summed E-state index contributed by atoms with van der Waals surface area (Å²) in [7, 11) is 1.67. The van der Waals surface area contributed by atoms with Gasteiger partial charge in [-0.3, -0.25) is 4.79 Å². The van der Waals surface area contributed by atoms with Gasteiger partial charge in [-0.15, -0.1) is 0 Å². The van der Waals surface area contributed by atoms with Gasteiger partial charge in [0.2, 0.25) is 0 Å². The van der Waals surface area contributed by atoms with E-state index in [0.717, 1.165) is 29.5 Å². The Morgan fingerprint density at radius 3 is 2.83 bits per heavy atom. The molecule has 3 rings (SSSR count). The fourth-order valence-electron chi connectivity index (χ4n) is 2.76. The van der Waals surface area contributed by atoms with Crippen molar-refractivity contribution in [2.45, 2.75) is 19.8 Å². The van der Waals surface area contributed by atoms with Crippen LogP contribution < -0.4 is 4.74 Å². The van der Waals surface area contributed by atoms with Gasteiger partial charge < -0.3 is 4.74 Å². The first-order valence-electron chi connectivity index (χ1n) is 6.34. The minimum atomic E-state index is 0.160. The number of fused-ring (bicyclic) bond motifs is 3. The molecule has 0 N–H and O–H groups in total. The Kier molecular flexibility index (Phi) is 2.58. The fraction of sp³-hybridized carbons (Fsp3) is 0.312. The van der Waals surface area contributed by atoms with E-state index in [2.05, 4.69) is 6.07 Å². The zero-order valence-corrected chi connectivity index (χ0v) is 10.7. The van der Waals surface area contributed by atoms with Crippen LogP contribution in [0.2, 0.25) is 0 Å². The number of methoxy groups -OCH3 is 1. The predicted molar refractivity (Wildman–Crippen MR) is 72.3 cm³/mol. The average molecular weight is 240 g/mol. The molecule has 0 spiro atoms. The number of ether oxygens (including phenoxy) is 1. The maximum atomic E-state index is 12.2. The van der Waals surface area contributed by atoms with Crippen molar-refractivity contribution in [1.29, 1.82) is 0 Å². The number of carbonyl (C=O) groups is 1. The van der Waals surface area contributed by atoms with Crippen LogP contribution >= 0.6 is 0 Å². The third-order valence-corrected chi connectivity index (χ3v) is 3.88. The molecule has 0 fully saturated rings. The number of aryl methyl sites for hydroxylation is 1. The van der Waals surface area contributed by atoms with Crippen LogP contribution in [-0.2, 0) is 6.42 Å². The van der Waals surface area contributed by atoms with Gasteiger partial charge in [0.15, 0.2) is 5.78 Å². The number of benzene rings is 2. The Morgan fingerprint density at radius 2 is 2.06 bits per heavy atom. The van der Waals surface area contributed by atoms with E-state index in [-0.39, 0.29) is 11.7 Å². The summed E-state index contributed by atoms with van der Waals surface area (Å²) < 4.78 is 5.24. The Balaban J connectivity index is 2.24. The number of Topliss-reactive ketones (excluding diaryl/α,β-unsaturated/α-hetero) is 1. The van der Waals surface area contributed by atoms with Crippen molar-refractivity contribution in [3.05, 3.63) is 41.5 Å². The molecule has 18 heavy (non-hydrogen) atoms. The van der Waals surface area contributed by atoms with E-state index in [4.69, 9.17) is 4.74 Å². The van der Waals surface area contributed by atoms with Crippen LogP contribution in [0.1, 0.15) is 29.3 Å². The van der Waals surface area contributed by atoms with Gasteiger partial charge in [0, 0.05) is 11.5 Å². The average Bonchev–Trinajstić information content (AvgIpc) is 2.41. The van der Waals surface area contributed by atoms with Gasteiger partial charge in [0.25, 0.3) is 0 Å².